The van der Waals surface area contributed by atoms with Gasteiger partial charge in [-0.05, 0) is 38.5 Å². The standard InChI is InChI=1S/C17H23N7O2/c1-17(2,3)20-16(26)23-9-13(10-23)24-11-14(21-22-24)15(25)19-8-12-4-6-18-7-5-12/h4-7,11,13H,8-10H2,1-3H3,(H,19,25)(H,20,26). The fraction of sp³-hybridized carbons (Fsp3) is 0.471. The van der Waals surface area contributed by atoms with E-state index >= 15 is 0 Å². The number of carbonyl (C=O) groups excluding carboxylic acids is 2. The van der Waals surface area contributed by atoms with E-state index in [1.54, 1.807) is 28.2 Å². The highest BCUT2D eigenvalue weighted by atomic mass is 16.2. The molecule has 0 aliphatic carbocycles. The quantitative estimate of drug-likeness (QED) is 0.848. The van der Waals surface area contributed by atoms with Crippen molar-refractivity contribution in [3.05, 3.63) is 42.0 Å². The summed E-state index contributed by atoms with van der Waals surface area (Å²) in [7, 11) is 0. The van der Waals surface area contributed by atoms with Crippen LogP contribution in [0.25, 0.3) is 0 Å². The van der Waals surface area contributed by atoms with Gasteiger partial charge in [0, 0.05) is 37.6 Å². The van der Waals surface area contributed by atoms with Crippen molar-refractivity contribution < 1.29 is 9.59 Å². The number of urea groups is 1. The largest absolute Gasteiger partial charge is 0.347 e. The second kappa shape index (κ2) is 7.11. The van der Waals surface area contributed by atoms with Crippen molar-refractivity contribution in [1.82, 2.24) is 35.5 Å². The van der Waals surface area contributed by atoms with Gasteiger partial charge in [0.05, 0.1) is 12.2 Å². The summed E-state index contributed by atoms with van der Waals surface area (Å²) in [5, 5.41) is 13.7. The molecule has 3 amide bonds. The molecular formula is C17H23N7O2. The lowest BCUT2D eigenvalue weighted by Gasteiger charge is -2.40. The van der Waals surface area contributed by atoms with Crippen LogP contribution >= 0.6 is 0 Å². The van der Waals surface area contributed by atoms with E-state index < -0.39 is 0 Å². The van der Waals surface area contributed by atoms with Gasteiger partial charge in [-0.3, -0.25) is 9.78 Å². The molecule has 3 heterocycles. The van der Waals surface area contributed by atoms with Crippen LogP contribution < -0.4 is 10.6 Å². The van der Waals surface area contributed by atoms with Gasteiger partial charge in [-0.2, -0.15) is 0 Å². The van der Waals surface area contributed by atoms with E-state index in [9.17, 15) is 9.59 Å². The molecule has 1 aliphatic heterocycles. The number of aromatic nitrogens is 4. The van der Waals surface area contributed by atoms with E-state index in [1.165, 1.54) is 0 Å². The fourth-order valence-corrected chi connectivity index (χ4v) is 2.52. The van der Waals surface area contributed by atoms with Gasteiger partial charge in [-0.1, -0.05) is 5.21 Å². The summed E-state index contributed by atoms with van der Waals surface area (Å²) < 4.78 is 1.64. The Balaban J connectivity index is 1.49. The van der Waals surface area contributed by atoms with Crippen molar-refractivity contribution in [2.24, 2.45) is 0 Å². The molecule has 2 aromatic rings. The number of amides is 3. The zero-order valence-electron chi connectivity index (χ0n) is 15.1. The lowest BCUT2D eigenvalue weighted by molar-refractivity contribution is 0.0944. The van der Waals surface area contributed by atoms with Crippen LogP contribution in [0.2, 0.25) is 0 Å². The SMILES string of the molecule is CC(C)(C)NC(=O)N1CC(n2cc(C(=O)NCc3ccncc3)nn2)C1. The van der Waals surface area contributed by atoms with E-state index in [0.717, 1.165) is 5.56 Å². The number of carbonyl (C=O) groups is 2. The number of nitrogens with zero attached hydrogens (tertiary/aromatic N) is 5. The second-order valence-corrected chi connectivity index (χ2v) is 7.36. The van der Waals surface area contributed by atoms with Crippen molar-refractivity contribution in [2.45, 2.75) is 38.9 Å². The second-order valence-electron chi connectivity index (χ2n) is 7.36. The monoisotopic (exact) mass is 357 g/mol. The molecule has 1 saturated heterocycles. The van der Waals surface area contributed by atoms with Crippen LogP contribution in [-0.4, -0.2) is 55.4 Å². The molecule has 0 saturated carbocycles. The number of rotatable bonds is 4. The smallest absolute Gasteiger partial charge is 0.317 e. The predicted molar refractivity (Wildman–Crippen MR) is 94.3 cm³/mol. The summed E-state index contributed by atoms with van der Waals surface area (Å²) in [6.07, 6.45) is 4.97. The summed E-state index contributed by atoms with van der Waals surface area (Å²) in [4.78, 5) is 29.9. The average Bonchev–Trinajstić information content (AvgIpc) is 3.00. The number of hydrogen-bond acceptors (Lipinski definition) is 5. The predicted octanol–water partition coefficient (Wildman–Crippen LogP) is 0.968. The van der Waals surface area contributed by atoms with E-state index in [2.05, 4.69) is 25.9 Å². The number of nitrogens with one attached hydrogen (secondary N) is 2. The normalized spacial score (nSPS) is 14.7. The minimum absolute atomic E-state index is 0.0370. The van der Waals surface area contributed by atoms with Crippen molar-refractivity contribution in [2.75, 3.05) is 13.1 Å². The summed E-state index contributed by atoms with van der Waals surface area (Å²) in [5.74, 6) is -0.283. The Morgan fingerprint density at radius 3 is 2.58 bits per heavy atom. The molecule has 0 unspecified atom stereocenters. The highest BCUT2D eigenvalue weighted by Crippen LogP contribution is 2.20. The molecule has 0 atom stereocenters. The Hall–Kier alpha value is -2.97. The van der Waals surface area contributed by atoms with E-state index in [1.807, 2.05) is 32.9 Å². The van der Waals surface area contributed by atoms with Gasteiger partial charge in [0.25, 0.3) is 5.91 Å². The summed E-state index contributed by atoms with van der Waals surface area (Å²) in [6.45, 7) is 7.31. The first kappa shape index (κ1) is 17.8. The molecule has 2 aromatic heterocycles. The van der Waals surface area contributed by atoms with Crippen molar-refractivity contribution >= 4 is 11.9 Å². The first-order chi connectivity index (χ1) is 12.3. The lowest BCUT2D eigenvalue weighted by Crippen LogP contribution is -2.57. The minimum atomic E-state index is -0.283. The van der Waals surface area contributed by atoms with Gasteiger partial charge >= 0.3 is 6.03 Å². The van der Waals surface area contributed by atoms with Crippen LogP contribution in [-0.2, 0) is 6.54 Å². The Morgan fingerprint density at radius 2 is 1.92 bits per heavy atom. The first-order valence-electron chi connectivity index (χ1n) is 8.48. The van der Waals surface area contributed by atoms with E-state index in [-0.39, 0.29) is 29.2 Å². The molecule has 138 valence electrons. The highest BCUT2D eigenvalue weighted by Gasteiger charge is 2.34. The molecule has 0 aromatic carbocycles. The van der Waals surface area contributed by atoms with Crippen LogP contribution in [0.1, 0.15) is 42.9 Å². The van der Waals surface area contributed by atoms with Gasteiger partial charge in [0.1, 0.15) is 0 Å². The van der Waals surface area contributed by atoms with Crippen LogP contribution in [0.3, 0.4) is 0 Å². The topological polar surface area (TPSA) is 105 Å². The molecule has 0 bridgehead atoms. The van der Waals surface area contributed by atoms with Gasteiger partial charge < -0.3 is 15.5 Å². The molecule has 26 heavy (non-hydrogen) atoms. The zero-order valence-corrected chi connectivity index (χ0v) is 15.1. The third-order valence-electron chi connectivity index (χ3n) is 3.95. The third-order valence-corrected chi connectivity index (χ3v) is 3.95. The van der Waals surface area contributed by atoms with Gasteiger partial charge in [-0.15, -0.1) is 5.10 Å². The van der Waals surface area contributed by atoms with E-state index in [0.29, 0.717) is 19.6 Å². The zero-order chi connectivity index (χ0) is 18.7. The van der Waals surface area contributed by atoms with Crippen LogP contribution in [0.15, 0.2) is 30.7 Å². The number of hydrogen-bond donors (Lipinski definition) is 2. The maximum Gasteiger partial charge on any atom is 0.317 e. The molecule has 1 aliphatic rings. The Morgan fingerprint density at radius 1 is 1.23 bits per heavy atom. The Bertz CT molecular complexity index is 776. The minimum Gasteiger partial charge on any atom is -0.347 e. The van der Waals surface area contributed by atoms with Crippen molar-refractivity contribution in [1.29, 1.82) is 0 Å². The summed E-state index contributed by atoms with van der Waals surface area (Å²) in [5.41, 5.74) is 0.951. The van der Waals surface area contributed by atoms with Crippen LogP contribution in [0.5, 0.6) is 0 Å². The van der Waals surface area contributed by atoms with E-state index in [4.69, 9.17) is 0 Å². The number of likely N-dealkylation sites (tertiary alicyclic amines) is 1. The Kier molecular flexibility index (Phi) is 4.88. The van der Waals surface area contributed by atoms with Crippen LogP contribution in [0, 0.1) is 0 Å². The average molecular weight is 357 g/mol. The van der Waals surface area contributed by atoms with Crippen molar-refractivity contribution in [3.8, 4) is 0 Å². The van der Waals surface area contributed by atoms with Gasteiger partial charge in [-0.25, -0.2) is 9.48 Å². The highest BCUT2D eigenvalue weighted by molar-refractivity contribution is 5.91. The molecule has 1 fully saturated rings. The van der Waals surface area contributed by atoms with Crippen LogP contribution in [0.4, 0.5) is 4.79 Å². The van der Waals surface area contributed by atoms with Gasteiger partial charge in [0.15, 0.2) is 5.69 Å². The molecular weight excluding hydrogens is 334 g/mol. The number of pyridine rings is 1. The van der Waals surface area contributed by atoms with Gasteiger partial charge in [0.2, 0.25) is 0 Å². The molecule has 9 nitrogen and oxygen atoms in total. The summed E-state index contributed by atoms with van der Waals surface area (Å²) >= 11 is 0. The molecule has 2 N–H and O–H groups in total. The molecule has 0 spiro atoms. The lowest BCUT2D eigenvalue weighted by atomic mass is 10.1. The first-order valence-corrected chi connectivity index (χ1v) is 8.48. The molecule has 3 rings (SSSR count). The maximum absolute atomic E-state index is 12.2. The molecule has 0 radical (unpaired) electrons. The molecule has 9 heteroatoms. The third kappa shape index (κ3) is 4.35. The maximum atomic E-state index is 12.2. The summed E-state index contributed by atoms with van der Waals surface area (Å²) in [6, 6.07) is 3.62. The fourth-order valence-electron chi connectivity index (χ4n) is 2.52. The Labute approximate surface area is 151 Å². The van der Waals surface area contributed by atoms with Crippen molar-refractivity contribution in [3.63, 3.8) is 0 Å².